The minimum atomic E-state index is -0.348. The number of aryl methyl sites for hydroxylation is 1. The lowest BCUT2D eigenvalue weighted by atomic mass is 10.2. The average molecular weight is 310 g/mol. The number of nitrogens with zero attached hydrogens (tertiary/aromatic N) is 3. The Morgan fingerprint density at radius 3 is 2.65 bits per heavy atom. The van der Waals surface area contributed by atoms with Crippen molar-refractivity contribution in [2.45, 2.75) is 13.8 Å². The number of rotatable bonds is 3. The number of aromatic nitrogens is 3. The van der Waals surface area contributed by atoms with Gasteiger partial charge in [0.2, 0.25) is 0 Å². The monoisotopic (exact) mass is 310 g/mol. The van der Waals surface area contributed by atoms with Crippen LogP contribution in [0.15, 0.2) is 58.6 Å². The summed E-state index contributed by atoms with van der Waals surface area (Å²) in [5.74, 6) is -0.348. The van der Waals surface area contributed by atoms with Gasteiger partial charge in [0.15, 0.2) is 0 Å². The first-order chi connectivity index (χ1) is 11.1. The molecule has 2 aromatic heterocycles. The van der Waals surface area contributed by atoms with Gasteiger partial charge in [-0.1, -0.05) is 0 Å². The van der Waals surface area contributed by atoms with Crippen molar-refractivity contribution in [3.05, 3.63) is 76.2 Å². The highest BCUT2D eigenvalue weighted by molar-refractivity contribution is 6.00. The highest BCUT2D eigenvalue weighted by Crippen LogP contribution is 2.13. The Bertz CT molecular complexity index is 908. The zero-order valence-electron chi connectivity index (χ0n) is 12.7. The van der Waals surface area contributed by atoms with E-state index in [1.807, 2.05) is 6.07 Å². The van der Waals surface area contributed by atoms with E-state index in [9.17, 15) is 9.18 Å². The molecule has 0 unspecified atom stereocenters. The van der Waals surface area contributed by atoms with Gasteiger partial charge in [-0.05, 0) is 50.2 Å². The summed E-state index contributed by atoms with van der Waals surface area (Å²) in [7, 11) is 0. The Morgan fingerprint density at radius 2 is 2.00 bits per heavy atom. The highest BCUT2D eigenvalue weighted by atomic mass is 19.1. The van der Waals surface area contributed by atoms with Crippen LogP contribution in [-0.4, -0.2) is 20.5 Å². The van der Waals surface area contributed by atoms with Crippen LogP contribution in [0.5, 0.6) is 0 Å². The topological polar surface area (TPSA) is 63.0 Å². The number of aromatic amines is 1. The van der Waals surface area contributed by atoms with Gasteiger partial charge >= 0.3 is 0 Å². The summed E-state index contributed by atoms with van der Waals surface area (Å²) in [6, 6.07) is 9.32. The maximum Gasteiger partial charge on any atom is 0.280 e. The minimum Gasteiger partial charge on any atom is -0.295 e. The lowest BCUT2D eigenvalue weighted by Gasteiger charge is -2.00. The van der Waals surface area contributed by atoms with Gasteiger partial charge in [-0.3, -0.25) is 19.9 Å². The van der Waals surface area contributed by atoms with Crippen LogP contribution in [0.1, 0.15) is 18.2 Å². The molecule has 1 aromatic carbocycles. The van der Waals surface area contributed by atoms with Crippen LogP contribution in [0.2, 0.25) is 0 Å². The van der Waals surface area contributed by atoms with E-state index in [1.54, 1.807) is 44.4 Å². The molecular formula is C17H15FN4O. The first-order valence-corrected chi connectivity index (χ1v) is 7.09. The molecule has 0 saturated heterocycles. The summed E-state index contributed by atoms with van der Waals surface area (Å²) in [5.41, 5.74) is 2.82. The van der Waals surface area contributed by atoms with Gasteiger partial charge in [0.25, 0.3) is 5.56 Å². The molecule has 3 rings (SSSR count). The van der Waals surface area contributed by atoms with Gasteiger partial charge < -0.3 is 0 Å². The fourth-order valence-corrected chi connectivity index (χ4v) is 2.41. The molecule has 0 bridgehead atoms. The van der Waals surface area contributed by atoms with Crippen LogP contribution in [0.4, 0.5) is 10.1 Å². The lowest BCUT2D eigenvalue weighted by Crippen LogP contribution is -2.19. The molecular weight excluding hydrogens is 295 g/mol. The molecule has 0 atom stereocenters. The maximum absolute atomic E-state index is 13.0. The third kappa shape index (κ3) is 2.96. The lowest BCUT2D eigenvalue weighted by molar-refractivity contribution is 0.627. The van der Waals surface area contributed by atoms with E-state index in [1.165, 1.54) is 16.8 Å². The molecule has 0 fully saturated rings. The highest BCUT2D eigenvalue weighted by Gasteiger charge is 2.15. The summed E-state index contributed by atoms with van der Waals surface area (Å²) in [4.78, 5) is 21.1. The van der Waals surface area contributed by atoms with Crippen LogP contribution in [0.25, 0.3) is 5.69 Å². The summed E-state index contributed by atoms with van der Waals surface area (Å²) < 4.78 is 14.4. The summed E-state index contributed by atoms with van der Waals surface area (Å²) in [6.07, 6.45) is 3.29. The van der Waals surface area contributed by atoms with E-state index in [-0.39, 0.29) is 11.4 Å². The second-order valence-corrected chi connectivity index (χ2v) is 5.14. The third-order valence-electron chi connectivity index (χ3n) is 3.46. The summed E-state index contributed by atoms with van der Waals surface area (Å²) >= 11 is 0. The fourth-order valence-electron chi connectivity index (χ4n) is 2.41. The number of aliphatic imine (C=N–C) groups is 1. The Labute approximate surface area is 132 Å². The zero-order chi connectivity index (χ0) is 16.4. The van der Waals surface area contributed by atoms with E-state index >= 15 is 0 Å². The molecule has 6 heteroatoms. The van der Waals surface area contributed by atoms with Gasteiger partial charge in [-0.2, -0.15) is 0 Å². The van der Waals surface area contributed by atoms with Crippen molar-refractivity contribution in [3.8, 4) is 5.69 Å². The van der Waals surface area contributed by atoms with E-state index in [2.05, 4.69) is 15.1 Å². The minimum absolute atomic E-state index is 0.223. The zero-order valence-corrected chi connectivity index (χ0v) is 12.7. The van der Waals surface area contributed by atoms with Crippen LogP contribution in [0.3, 0.4) is 0 Å². The molecule has 0 radical (unpaired) electrons. The first kappa shape index (κ1) is 14.9. The molecule has 1 N–H and O–H groups in total. The molecule has 0 amide bonds. The van der Waals surface area contributed by atoms with Crippen LogP contribution < -0.4 is 5.56 Å². The quantitative estimate of drug-likeness (QED) is 0.755. The van der Waals surface area contributed by atoms with Crippen molar-refractivity contribution in [2.75, 3.05) is 0 Å². The van der Waals surface area contributed by atoms with Gasteiger partial charge in [-0.25, -0.2) is 9.07 Å². The number of nitrogens with one attached hydrogen (secondary N) is 1. The van der Waals surface area contributed by atoms with Crippen molar-refractivity contribution < 1.29 is 4.39 Å². The van der Waals surface area contributed by atoms with Crippen molar-refractivity contribution in [1.29, 1.82) is 0 Å². The number of pyridine rings is 1. The predicted molar refractivity (Wildman–Crippen MR) is 87.2 cm³/mol. The number of halogens is 1. The molecule has 2 heterocycles. The Kier molecular flexibility index (Phi) is 3.89. The molecule has 3 aromatic rings. The van der Waals surface area contributed by atoms with Crippen LogP contribution in [0, 0.1) is 12.7 Å². The van der Waals surface area contributed by atoms with E-state index in [4.69, 9.17) is 0 Å². The molecule has 0 aliphatic heterocycles. The van der Waals surface area contributed by atoms with Gasteiger partial charge in [0.1, 0.15) is 5.82 Å². The first-order valence-electron chi connectivity index (χ1n) is 7.09. The number of benzene rings is 1. The second-order valence-electron chi connectivity index (χ2n) is 5.14. The molecule has 0 spiro atoms. The number of hydrogen-bond acceptors (Lipinski definition) is 3. The molecule has 5 nitrogen and oxygen atoms in total. The Balaban J connectivity index is 2.06. The largest absolute Gasteiger partial charge is 0.295 e. The average Bonchev–Trinajstić information content (AvgIpc) is 2.84. The molecule has 0 aliphatic rings. The van der Waals surface area contributed by atoms with Gasteiger partial charge in [0.05, 0.1) is 28.8 Å². The Morgan fingerprint density at radius 1 is 1.26 bits per heavy atom. The van der Waals surface area contributed by atoms with Crippen molar-refractivity contribution >= 4 is 11.4 Å². The van der Waals surface area contributed by atoms with Crippen molar-refractivity contribution in [1.82, 2.24) is 14.8 Å². The van der Waals surface area contributed by atoms with Crippen molar-refractivity contribution in [3.63, 3.8) is 0 Å². The molecule has 0 aliphatic carbocycles. The number of hydrogen-bond donors (Lipinski definition) is 1. The normalized spacial score (nSPS) is 11.7. The second kappa shape index (κ2) is 6.00. The smallest absolute Gasteiger partial charge is 0.280 e. The fraction of sp³-hybridized carbons (Fsp3) is 0.118. The van der Waals surface area contributed by atoms with Crippen LogP contribution >= 0.6 is 0 Å². The predicted octanol–water partition coefficient (Wildman–Crippen LogP) is 3.15. The molecule has 23 heavy (non-hydrogen) atoms. The van der Waals surface area contributed by atoms with Crippen molar-refractivity contribution in [2.24, 2.45) is 4.99 Å². The number of H-pyrrole nitrogens is 1. The van der Waals surface area contributed by atoms with Crippen LogP contribution in [-0.2, 0) is 0 Å². The van der Waals surface area contributed by atoms with Gasteiger partial charge in [-0.15, -0.1) is 0 Å². The van der Waals surface area contributed by atoms with E-state index < -0.39 is 0 Å². The van der Waals surface area contributed by atoms with Gasteiger partial charge in [0, 0.05) is 11.9 Å². The van der Waals surface area contributed by atoms with E-state index in [0.29, 0.717) is 28.3 Å². The SMILES string of the molecule is CC(=Nc1cccnc1)c1c(C)[nH]n(-c2ccc(F)cc2)c1=O. The Hall–Kier alpha value is -3.02. The third-order valence-corrected chi connectivity index (χ3v) is 3.46. The van der Waals surface area contributed by atoms with E-state index in [0.717, 1.165) is 0 Å². The molecule has 0 saturated carbocycles. The molecule has 116 valence electrons. The summed E-state index contributed by atoms with van der Waals surface area (Å²) in [6.45, 7) is 3.58. The summed E-state index contributed by atoms with van der Waals surface area (Å²) in [5, 5.41) is 3.00. The maximum atomic E-state index is 13.0. The standard InChI is InChI=1S/C17H15FN4O/c1-11(20-14-4-3-9-19-10-14)16-12(2)21-22(17(16)23)15-7-5-13(18)6-8-15/h3-10,21H,1-2H3.